The van der Waals surface area contributed by atoms with Crippen LogP contribution in [0.4, 0.5) is 0 Å². The number of para-hydroxylation sites is 1. The number of fused-ring (bicyclic) bond motifs is 1. The molecule has 0 radical (unpaired) electrons. The number of hydrogen-bond acceptors (Lipinski definition) is 2. The molecule has 2 rings (SSSR count). The Balaban J connectivity index is 2.94. The maximum Gasteiger partial charge on any atom is 0.274 e. The Labute approximate surface area is 94.3 Å². The van der Waals surface area contributed by atoms with E-state index in [9.17, 15) is 4.79 Å². The molecule has 0 unspecified atom stereocenters. The second kappa shape index (κ2) is 3.79. The number of nitrogens with zero attached hydrogens (tertiary/aromatic N) is 2. The van der Waals surface area contributed by atoms with Gasteiger partial charge in [-0.05, 0) is 25.5 Å². The molecule has 1 heterocycles. The normalized spacial score (nSPS) is 11.6. The van der Waals surface area contributed by atoms with Gasteiger partial charge in [0, 0.05) is 19.6 Å². The van der Waals surface area contributed by atoms with Crippen LogP contribution in [0.3, 0.4) is 0 Å². The molecule has 4 nitrogen and oxygen atoms in total. The molecule has 16 heavy (non-hydrogen) atoms. The van der Waals surface area contributed by atoms with Crippen molar-refractivity contribution in [3.63, 3.8) is 0 Å². The molecule has 4 heteroatoms. The summed E-state index contributed by atoms with van der Waals surface area (Å²) in [5.74, 6) is 0. The maximum atomic E-state index is 12.2. The number of hydrogen-bond donors (Lipinski definition) is 1. The quantitative estimate of drug-likeness (QED) is 0.829. The van der Waals surface area contributed by atoms with Crippen molar-refractivity contribution in [2.75, 3.05) is 0 Å². The highest BCUT2D eigenvalue weighted by molar-refractivity contribution is 5.82. The van der Waals surface area contributed by atoms with Gasteiger partial charge in [0.25, 0.3) is 5.56 Å². The fourth-order valence-electron chi connectivity index (χ4n) is 2.26. The zero-order valence-electron chi connectivity index (χ0n) is 9.90. The summed E-state index contributed by atoms with van der Waals surface area (Å²) in [7, 11) is 1.91. The fourth-order valence-corrected chi connectivity index (χ4v) is 2.26. The molecule has 0 atom stereocenters. The van der Waals surface area contributed by atoms with Crippen LogP contribution in [0.15, 0.2) is 23.0 Å². The summed E-state index contributed by atoms with van der Waals surface area (Å²) in [5, 5.41) is 0.749. The minimum Gasteiger partial charge on any atom is -0.326 e. The number of rotatable bonds is 2. The van der Waals surface area contributed by atoms with E-state index in [1.54, 1.807) is 4.68 Å². The molecule has 86 valence electrons. The first kappa shape index (κ1) is 11.0. The molecular weight excluding hydrogens is 202 g/mol. The van der Waals surface area contributed by atoms with Crippen molar-refractivity contribution in [1.82, 2.24) is 9.36 Å². The monoisotopic (exact) mass is 219 g/mol. The van der Waals surface area contributed by atoms with Crippen LogP contribution >= 0.6 is 0 Å². The van der Waals surface area contributed by atoms with E-state index in [4.69, 9.17) is 5.73 Å². The standard InChI is InChI=1S/C12H17N3O/c1-8(2)15-12(16)10-6-4-5-9(7-13)11(10)14(15)3/h4-6,8H,7,13H2,1-3H3. The first-order valence-corrected chi connectivity index (χ1v) is 5.47. The van der Waals surface area contributed by atoms with Crippen molar-refractivity contribution in [3.05, 3.63) is 34.1 Å². The van der Waals surface area contributed by atoms with Crippen LogP contribution in [0, 0.1) is 0 Å². The lowest BCUT2D eigenvalue weighted by molar-refractivity contribution is 0.446. The van der Waals surface area contributed by atoms with Gasteiger partial charge < -0.3 is 5.73 Å². The van der Waals surface area contributed by atoms with Gasteiger partial charge in [-0.3, -0.25) is 9.48 Å². The summed E-state index contributed by atoms with van der Waals surface area (Å²) in [6.07, 6.45) is 0. The molecule has 0 amide bonds. The lowest BCUT2D eigenvalue weighted by Crippen LogP contribution is -2.23. The van der Waals surface area contributed by atoms with Crippen molar-refractivity contribution in [2.24, 2.45) is 12.8 Å². The molecule has 1 aromatic heterocycles. The smallest absolute Gasteiger partial charge is 0.274 e. The predicted molar refractivity (Wildman–Crippen MR) is 65.5 cm³/mol. The highest BCUT2D eigenvalue weighted by atomic mass is 16.1. The Morgan fingerprint density at radius 2 is 2.06 bits per heavy atom. The SMILES string of the molecule is CC(C)n1c(=O)c2cccc(CN)c2n1C. The first-order chi connectivity index (χ1) is 7.57. The largest absolute Gasteiger partial charge is 0.326 e. The van der Waals surface area contributed by atoms with E-state index in [0.717, 1.165) is 16.5 Å². The van der Waals surface area contributed by atoms with Gasteiger partial charge in [-0.2, -0.15) is 0 Å². The molecule has 0 aliphatic heterocycles. The van der Waals surface area contributed by atoms with Gasteiger partial charge in [0.15, 0.2) is 0 Å². The average molecular weight is 219 g/mol. The van der Waals surface area contributed by atoms with Gasteiger partial charge in [0.05, 0.1) is 10.9 Å². The molecular formula is C12H17N3O. The van der Waals surface area contributed by atoms with Crippen molar-refractivity contribution in [2.45, 2.75) is 26.4 Å². The zero-order valence-corrected chi connectivity index (χ0v) is 9.90. The minimum atomic E-state index is 0.0581. The van der Waals surface area contributed by atoms with Gasteiger partial charge in [0.2, 0.25) is 0 Å². The van der Waals surface area contributed by atoms with Crippen LogP contribution in [0.25, 0.3) is 10.9 Å². The van der Waals surface area contributed by atoms with Gasteiger partial charge in [-0.15, -0.1) is 0 Å². The lowest BCUT2D eigenvalue weighted by Gasteiger charge is -2.11. The van der Waals surface area contributed by atoms with Crippen molar-refractivity contribution >= 4 is 10.9 Å². The number of benzene rings is 1. The third kappa shape index (κ3) is 1.38. The van der Waals surface area contributed by atoms with E-state index in [-0.39, 0.29) is 11.6 Å². The van der Waals surface area contributed by atoms with E-state index in [2.05, 4.69) is 0 Å². The lowest BCUT2D eigenvalue weighted by atomic mass is 10.1. The first-order valence-electron chi connectivity index (χ1n) is 5.47. The minimum absolute atomic E-state index is 0.0581. The van der Waals surface area contributed by atoms with Crippen LogP contribution in [0.2, 0.25) is 0 Å². The van der Waals surface area contributed by atoms with Crippen molar-refractivity contribution < 1.29 is 0 Å². The van der Waals surface area contributed by atoms with Crippen LogP contribution in [-0.2, 0) is 13.6 Å². The molecule has 1 aromatic carbocycles. The summed E-state index contributed by atoms with van der Waals surface area (Å²) in [5.41, 5.74) is 7.71. The highest BCUT2D eigenvalue weighted by Gasteiger charge is 2.14. The third-order valence-corrected chi connectivity index (χ3v) is 2.91. The maximum absolute atomic E-state index is 12.2. The van der Waals surface area contributed by atoms with Gasteiger partial charge in [-0.25, -0.2) is 4.68 Å². The summed E-state index contributed by atoms with van der Waals surface area (Å²) in [6.45, 7) is 4.46. The molecule has 0 fully saturated rings. The van der Waals surface area contributed by atoms with Crippen LogP contribution in [0.1, 0.15) is 25.5 Å². The Morgan fingerprint density at radius 1 is 1.38 bits per heavy atom. The highest BCUT2D eigenvalue weighted by Crippen LogP contribution is 2.17. The summed E-state index contributed by atoms with van der Waals surface area (Å²) < 4.78 is 3.66. The third-order valence-electron chi connectivity index (χ3n) is 2.91. The molecule has 2 aromatic rings. The second-order valence-corrected chi connectivity index (χ2v) is 4.28. The topological polar surface area (TPSA) is 52.9 Å². The van der Waals surface area contributed by atoms with Crippen molar-refractivity contribution in [3.8, 4) is 0 Å². The Kier molecular flexibility index (Phi) is 2.59. The summed E-state index contributed by atoms with van der Waals surface area (Å²) in [4.78, 5) is 12.2. The molecule has 0 aliphatic carbocycles. The van der Waals surface area contributed by atoms with E-state index in [1.807, 2.05) is 43.8 Å². The summed E-state index contributed by atoms with van der Waals surface area (Å²) in [6, 6.07) is 5.86. The molecule has 0 spiro atoms. The van der Waals surface area contributed by atoms with Crippen LogP contribution in [-0.4, -0.2) is 9.36 Å². The molecule has 0 saturated heterocycles. The van der Waals surface area contributed by atoms with Gasteiger partial charge in [-0.1, -0.05) is 12.1 Å². The van der Waals surface area contributed by atoms with Gasteiger partial charge >= 0.3 is 0 Å². The number of nitrogens with two attached hydrogens (primary N) is 1. The average Bonchev–Trinajstić information content (AvgIpc) is 2.51. The van der Waals surface area contributed by atoms with Crippen LogP contribution in [0.5, 0.6) is 0 Å². The molecule has 0 aliphatic rings. The number of aromatic nitrogens is 2. The van der Waals surface area contributed by atoms with E-state index in [0.29, 0.717) is 6.54 Å². The molecule has 0 saturated carbocycles. The van der Waals surface area contributed by atoms with E-state index in [1.165, 1.54) is 0 Å². The number of aryl methyl sites for hydroxylation is 1. The van der Waals surface area contributed by atoms with E-state index < -0.39 is 0 Å². The second-order valence-electron chi connectivity index (χ2n) is 4.28. The zero-order chi connectivity index (χ0) is 11.9. The predicted octanol–water partition coefficient (Wildman–Crippen LogP) is 1.38. The van der Waals surface area contributed by atoms with Crippen LogP contribution < -0.4 is 11.3 Å². The molecule has 0 bridgehead atoms. The Bertz CT molecular complexity index is 578. The Hall–Kier alpha value is -1.55. The fraction of sp³-hybridized carbons (Fsp3) is 0.417. The Morgan fingerprint density at radius 3 is 2.62 bits per heavy atom. The molecule has 2 N–H and O–H groups in total. The summed E-state index contributed by atoms with van der Waals surface area (Å²) >= 11 is 0. The van der Waals surface area contributed by atoms with E-state index >= 15 is 0 Å². The van der Waals surface area contributed by atoms with Gasteiger partial charge in [0.1, 0.15) is 0 Å². The van der Waals surface area contributed by atoms with Crippen molar-refractivity contribution in [1.29, 1.82) is 0 Å².